The highest BCUT2D eigenvalue weighted by Crippen LogP contribution is 2.16. The van der Waals surface area contributed by atoms with Gasteiger partial charge in [-0.15, -0.1) is 0 Å². The third-order valence-electron chi connectivity index (χ3n) is 3.80. The number of hydrogen-bond donors (Lipinski definition) is 2. The van der Waals surface area contributed by atoms with Crippen molar-refractivity contribution in [1.29, 1.82) is 0 Å². The first-order valence-corrected chi connectivity index (χ1v) is 6.08. The van der Waals surface area contributed by atoms with Crippen LogP contribution in [0.3, 0.4) is 0 Å². The zero-order chi connectivity index (χ0) is 10.7. The number of rotatable bonds is 3. The van der Waals surface area contributed by atoms with Gasteiger partial charge in [0.25, 0.3) is 0 Å². The normalized spacial score (nSPS) is 34.8. The Hall–Kier alpha value is -0.160. The van der Waals surface area contributed by atoms with Crippen LogP contribution in [0.4, 0.5) is 0 Å². The summed E-state index contributed by atoms with van der Waals surface area (Å²) in [7, 11) is 2.20. The molecule has 2 fully saturated rings. The highest BCUT2D eigenvalue weighted by atomic mass is 15.2. The van der Waals surface area contributed by atoms with Crippen molar-refractivity contribution >= 4 is 0 Å². The number of nitrogens with two attached hydrogens (primary N) is 1. The summed E-state index contributed by atoms with van der Waals surface area (Å²) in [5.41, 5.74) is 6.38. The van der Waals surface area contributed by atoms with Crippen LogP contribution in [-0.4, -0.2) is 68.2 Å². The largest absolute Gasteiger partial charge is 0.324 e. The van der Waals surface area contributed by atoms with Gasteiger partial charge in [-0.25, -0.2) is 0 Å². The average molecular weight is 212 g/mol. The topological polar surface area (TPSA) is 44.5 Å². The molecule has 1 unspecified atom stereocenters. The SMILES string of the molecule is CN1CCN(CCC2(N)CCNC2)CC1. The van der Waals surface area contributed by atoms with Crippen molar-refractivity contribution in [3.05, 3.63) is 0 Å². The van der Waals surface area contributed by atoms with Gasteiger partial charge >= 0.3 is 0 Å². The van der Waals surface area contributed by atoms with Gasteiger partial charge in [-0.2, -0.15) is 0 Å². The second kappa shape index (κ2) is 4.78. The number of hydrogen-bond acceptors (Lipinski definition) is 4. The molecular formula is C11H24N4. The molecule has 3 N–H and O–H groups in total. The summed E-state index contributed by atoms with van der Waals surface area (Å²) in [6, 6.07) is 0. The Morgan fingerprint density at radius 1 is 1.27 bits per heavy atom. The summed E-state index contributed by atoms with van der Waals surface area (Å²) in [5.74, 6) is 0. The van der Waals surface area contributed by atoms with Crippen LogP contribution in [-0.2, 0) is 0 Å². The third-order valence-corrected chi connectivity index (χ3v) is 3.80. The van der Waals surface area contributed by atoms with Gasteiger partial charge in [0.2, 0.25) is 0 Å². The quantitative estimate of drug-likeness (QED) is 0.650. The number of nitrogens with zero attached hydrogens (tertiary/aromatic N) is 2. The second-order valence-corrected chi connectivity index (χ2v) is 5.18. The maximum atomic E-state index is 6.30. The van der Waals surface area contributed by atoms with E-state index in [1.54, 1.807) is 0 Å². The molecule has 88 valence electrons. The molecule has 0 aromatic carbocycles. The van der Waals surface area contributed by atoms with E-state index in [0.29, 0.717) is 0 Å². The molecule has 4 nitrogen and oxygen atoms in total. The van der Waals surface area contributed by atoms with E-state index in [2.05, 4.69) is 22.2 Å². The lowest BCUT2D eigenvalue weighted by Gasteiger charge is -2.34. The van der Waals surface area contributed by atoms with E-state index in [9.17, 15) is 0 Å². The van der Waals surface area contributed by atoms with Crippen LogP contribution in [0.1, 0.15) is 12.8 Å². The first kappa shape index (κ1) is 11.3. The Bertz CT molecular complexity index is 193. The van der Waals surface area contributed by atoms with Crippen molar-refractivity contribution in [2.75, 3.05) is 52.9 Å². The van der Waals surface area contributed by atoms with Gasteiger partial charge in [0.1, 0.15) is 0 Å². The zero-order valence-electron chi connectivity index (χ0n) is 9.84. The summed E-state index contributed by atoms with van der Waals surface area (Å²) in [5, 5.41) is 3.36. The van der Waals surface area contributed by atoms with Gasteiger partial charge in [-0.05, 0) is 26.4 Å². The van der Waals surface area contributed by atoms with E-state index in [0.717, 1.165) is 25.9 Å². The maximum Gasteiger partial charge on any atom is 0.0305 e. The molecule has 0 aliphatic carbocycles. The molecule has 0 bridgehead atoms. The molecule has 2 heterocycles. The fourth-order valence-corrected chi connectivity index (χ4v) is 2.43. The van der Waals surface area contributed by atoms with Crippen molar-refractivity contribution in [3.63, 3.8) is 0 Å². The fraction of sp³-hybridized carbons (Fsp3) is 1.00. The van der Waals surface area contributed by atoms with E-state index in [-0.39, 0.29) is 5.54 Å². The lowest BCUT2D eigenvalue weighted by molar-refractivity contribution is 0.144. The molecule has 1 atom stereocenters. The molecule has 15 heavy (non-hydrogen) atoms. The van der Waals surface area contributed by atoms with Gasteiger partial charge in [0.15, 0.2) is 0 Å². The Balaban J connectivity index is 1.69. The predicted octanol–water partition coefficient (Wildman–Crippen LogP) is -0.685. The summed E-state index contributed by atoms with van der Waals surface area (Å²) in [6.07, 6.45) is 2.28. The third kappa shape index (κ3) is 3.14. The van der Waals surface area contributed by atoms with Gasteiger partial charge in [0, 0.05) is 44.8 Å². The summed E-state index contributed by atoms with van der Waals surface area (Å²) in [4.78, 5) is 4.94. The fourth-order valence-electron chi connectivity index (χ4n) is 2.43. The molecule has 0 amide bonds. The summed E-state index contributed by atoms with van der Waals surface area (Å²) in [6.45, 7) is 8.09. The van der Waals surface area contributed by atoms with E-state index in [1.807, 2.05) is 0 Å². The first-order valence-electron chi connectivity index (χ1n) is 6.08. The molecular weight excluding hydrogens is 188 g/mol. The molecule has 4 heteroatoms. The zero-order valence-corrected chi connectivity index (χ0v) is 9.84. The molecule has 2 saturated heterocycles. The average Bonchev–Trinajstić information content (AvgIpc) is 2.65. The van der Waals surface area contributed by atoms with Crippen molar-refractivity contribution in [3.8, 4) is 0 Å². The number of likely N-dealkylation sites (N-methyl/N-ethyl adjacent to an activating group) is 1. The van der Waals surface area contributed by atoms with Crippen LogP contribution >= 0.6 is 0 Å². The van der Waals surface area contributed by atoms with Crippen LogP contribution in [0.25, 0.3) is 0 Å². The van der Waals surface area contributed by atoms with Gasteiger partial charge in [0.05, 0.1) is 0 Å². The van der Waals surface area contributed by atoms with E-state index >= 15 is 0 Å². The summed E-state index contributed by atoms with van der Waals surface area (Å²) < 4.78 is 0. The Morgan fingerprint density at radius 3 is 2.60 bits per heavy atom. The predicted molar refractivity (Wildman–Crippen MR) is 63.0 cm³/mol. The first-order chi connectivity index (χ1) is 7.18. The van der Waals surface area contributed by atoms with Crippen molar-refractivity contribution in [2.24, 2.45) is 5.73 Å². The summed E-state index contributed by atoms with van der Waals surface area (Å²) >= 11 is 0. The standard InChI is InChI=1S/C11H24N4/c1-14-6-8-15(9-7-14)5-3-11(12)2-4-13-10-11/h13H,2-10,12H2,1H3. The van der Waals surface area contributed by atoms with Crippen LogP contribution in [0.2, 0.25) is 0 Å². The highest BCUT2D eigenvalue weighted by Gasteiger charge is 2.29. The number of piperazine rings is 1. The molecule has 0 aromatic heterocycles. The maximum absolute atomic E-state index is 6.30. The lowest BCUT2D eigenvalue weighted by Crippen LogP contribution is -2.49. The second-order valence-electron chi connectivity index (χ2n) is 5.18. The van der Waals surface area contributed by atoms with Crippen molar-refractivity contribution in [2.45, 2.75) is 18.4 Å². The van der Waals surface area contributed by atoms with Crippen LogP contribution < -0.4 is 11.1 Å². The van der Waals surface area contributed by atoms with E-state index in [4.69, 9.17) is 5.73 Å². The number of nitrogens with one attached hydrogen (secondary N) is 1. The van der Waals surface area contributed by atoms with Gasteiger partial charge in [-0.1, -0.05) is 0 Å². The molecule has 0 spiro atoms. The van der Waals surface area contributed by atoms with Crippen LogP contribution in [0, 0.1) is 0 Å². The molecule has 0 saturated carbocycles. The molecule has 0 radical (unpaired) electrons. The lowest BCUT2D eigenvalue weighted by atomic mass is 9.95. The monoisotopic (exact) mass is 212 g/mol. The highest BCUT2D eigenvalue weighted by molar-refractivity contribution is 4.93. The minimum absolute atomic E-state index is 0.0728. The molecule has 0 aromatic rings. The molecule has 2 aliphatic heterocycles. The van der Waals surface area contributed by atoms with Crippen molar-refractivity contribution < 1.29 is 0 Å². The minimum atomic E-state index is 0.0728. The minimum Gasteiger partial charge on any atom is -0.324 e. The van der Waals surface area contributed by atoms with E-state index in [1.165, 1.54) is 32.7 Å². The Labute approximate surface area is 92.8 Å². The van der Waals surface area contributed by atoms with Crippen LogP contribution in [0.5, 0.6) is 0 Å². The van der Waals surface area contributed by atoms with Gasteiger partial charge in [-0.3, -0.25) is 0 Å². The molecule has 2 rings (SSSR count). The van der Waals surface area contributed by atoms with Gasteiger partial charge < -0.3 is 20.9 Å². The Kier molecular flexibility index (Phi) is 3.61. The smallest absolute Gasteiger partial charge is 0.0305 e. The van der Waals surface area contributed by atoms with Crippen molar-refractivity contribution in [1.82, 2.24) is 15.1 Å². The molecule has 2 aliphatic rings. The van der Waals surface area contributed by atoms with E-state index < -0.39 is 0 Å². The Morgan fingerprint density at radius 2 is 2.00 bits per heavy atom. The van der Waals surface area contributed by atoms with Crippen LogP contribution in [0.15, 0.2) is 0 Å².